The Morgan fingerprint density at radius 3 is 2.37 bits per heavy atom. The normalized spacial score (nSPS) is 16.3. The van der Waals surface area contributed by atoms with Gasteiger partial charge in [-0.1, -0.05) is 30.0 Å². The van der Waals surface area contributed by atoms with Crippen LogP contribution in [0.15, 0.2) is 42.5 Å². The number of halogens is 3. The average Bonchev–Trinajstić information content (AvgIpc) is 3.02. The van der Waals surface area contributed by atoms with Gasteiger partial charge >= 0.3 is 6.18 Å². The maximum absolute atomic E-state index is 12.6. The summed E-state index contributed by atoms with van der Waals surface area (Å²) >= 11 is 0.884. The lowest BCUT2D eigenvalue weighted by Gasteiger charge is -2.12. The zero-order chi connectivity index (χ0) is 21.9. The van der Waals surface area contributed by atoms with Crippen molar-refractivity contribution in [3.05, 3.63) is 64.7 Å². The largest absolute Gasteiger partial charge is 0.496 e. The van der Waals surface area contributed by atoms with Gasteiger partial charge in [0.25, 0.3) is 11.1 Å². The molecular formula is C20H16F3N2O4S. The summed E-state index contributed by atoms with van der Waals surface area (Å²) < 4.78 is 43.1. The highest BCUT2D eigenvalue weighted by atomic mass is 32.2. The first-order valence-corrected chi connectivity index (χ1v) is 9.61. The van der Waals surface area contributed by atoms with Crippen molar-refractivity contribution in [3.63, 3.8) is 0 Å². The van der Waals surface area contributed by atoms with Crippen LogP contribution in [-0.4, -0.2) is 29.4 Å². The molecule has 0 bridgehead atoms. The summed E-state index contributed by atoms with van der Waals surface area (Å²) in [5.41, 5.74) is 0.478. The van der Waals surface area contributed by atoms with Gasteiger partial charge in [0.2, 0.25) is 5.91 Å². The van der Waals surface area contributed by atoms with Crippen molar-refractivity contribution in [1.82, 2.24) is 10.6 Å². The number of amides is 3. The van der Waals surface area contributed by atoms with Crippen molar-refractivity contribution in [2.24, 2.45) is 0 Å². The molecule has 3 rings (SSSR count). The average molecular weight is 437 g/mol. The molecule has 1 fully saturated rings. The Labute approximate surface area is 174 Å². The third kappa shape index (κ3) is 5.12. The number of nitrogens with zero attached hydrogens (tertiary/aromatic N) is 1. The molecule has 1 saturated heterocycles. The first-order chi connectivity index (χ1) is 14.2. The molecule has 0 aliphatic carbocycles. The number of thioether (sulfide) groups is 1. The van der Waals surface area contributed by atoms with E-state index in [0.717, 1.165) is 23.9 Å². The Kier molecular flexibility index (Phi) is 6.35. The lowest BCUT2D eigenvalue weighted by Crippen LogP contribution is -2.25. The summed E-state index contributed by atoms with van der Waals surface area (Å²) in [7, 11) is 1.39. The van der Waals surface area contributed by atoms with Gasteiger partial charge in [-0.15, -0.1) is 0 Å². The Morgan fingerprint density at radius 1 is 1.13 bits per heavy atom. The smallest absolute Gasteiger partial charge is 0.416 e. The van der Waals surface area contributed by atoms with E-state index in [1.54, 1.807) is 12.1 Å². The van der Waals surface area contributed by atoms with Crippen LogP contribution in [-0.2, 0) is 23.9 Å². The van der Waals surface area contributed by atoms with Gasteiger partial charge in [0.15, 0.2) is 0 Å². The van der Waals surface area contributed by atoms with Crippen molar-refractivity contribution in [3.8, 4) is 5.75 Å². The van der Waals surface area contributed by atoms with E-state index in [9.17, 15) is 27.6 Å². The number of nitrogens with one attached hydrogen (secondary N) is 1. The van der Waals surface area contributed by atoms with Gasteiger partial charge in [0.05, 0.1) is 30.0 Å². The fraction of sp³-hybridized carbons (Fsp3) is 0.250. The summed E-state index contributed by atoms with van der Waals surface area (Å²) in [5, 5.41) is 5.13. The lowest BCUT2D eigenvalue weighted by atomic mass is 10.0. The van der Waals surface area contributed by atoms with E-state index in [1.807, 2.05) is 0 Å². The third-order valence-electron chi connectivity index (χ3n) is 4.37. The Balaban J connectivity index is 1.69. The molecule has 1 N–H and O–H groups in total. The summed E-state index contributed by atoms with van der Waals surface area (Å²) in [6.07, 6.45) is -4.19. The van der Waals surface area contributed by atoms with Gasteiger partial charge in [0, 0.05) is 0 Å². The number of carbonyl (C=O) groups excluding carboxylic acids is 3. The van der Waals surface area contributed by atoms with Gasteiger partial charge in [-0.2, -0.15) is 13.2 Å². The highest BCUT2D eigenvalue weighted by molar-refractivity contribution is 8.15. The van der Waals surface area contributed by atoms with Crippen LogP contribution in [0.3, 0.4) is 0 Å². The molecule has 157 valence electrons. The quantitative estimate of drug-likeness (QED) is 0.747. The monoisotopic (exact) mass is 437 g/mol. The van der Waals surface area contributed by atoms with Crippen LogP contribution in [0.1, 0.15) is 27.0 Å². The Bertz CT molecular complexity index is 977. The van der Waals surface area contributed by atoms with Crippen molar-refractivity contribution in [1.29, 1.82) is 0 Å². The second-order valence-electron chi connectivity index (χ2n) is 6.44. The highest BCUT2D eigenvalue weighted by Gasteiger charge is 2.32. The molecule has 1 unspecified atom stereocenters. The standard InChI is InChI=1S/C20H16F3N2O4S/c1-29-15-7-4-12(9-16-18(27)25-19(28)30-16)8-14(15)17(26)24-10-11-2-5-13(6-3-11)20(21,22)23/h2-8,16H,9-10H2,1H3,(H,25,27,28). The number of rotatable bonds is 6. The molecule has 1 radical (unpaired) electrons. The van der Waals surface area contributed by atoms with E-state index < -0.39 is 28.1 Å². The van der Waals surface area contributed by atoms with Crippen LogP contribution >= 0.6 is 11.8 Å². The number of alkyl halides is 3. The summed E-state index contributed by atoms with van der Waals surface area (Å²) in [4.78, 5) is 35.6. The predicted octanol–water partition coefficient (Wildman–Crippen LogP) is 3.55. The van der Waals surface area contributed by atoms with Gasteiger partial charge < -0.3 is 4.74 Å². The number of methoxy groups -OCH3 is 1. The summed E-state index contributed by atoms with van der Waals surface area (Å²) in [6.45, 7) is -0.0975. The summed E-state index contributed by atoms with van der Waals surface area (Å²) in [5.74, 6) is -0.714. The highest BCUT2D eigenvalue weighted by Crippen LogP contribution is 2.29. The van der Waals surface area contributed by atoms with Crippen molar-refractivity contribution >= 4 is 28.8 Å². The van der Waals surface area contributed by atoms with Crippen molar-refractivity contribution in [2.75, 3.05) is 7.11 Å². The Morgan fingerprint density at radius 2 is 1.80 bits per heavy atom. The maximum Gasteiger partial charge on any atom is 0.416 e. The minimum Gasteiger partial charge on any atom is -0.496 e. The van der Waals surface area contributed by atoms with E-state index in [1.165, 1.54) is 25.3 Å². The van der Waals surface area contributed by atoms with Gasteiger partial charge in [-0.25, -0.2) is 5.32 Å². The molecule has 0 spiro atoms. The topological polar surface area (TPSA) is 86.6 Å². The third-order valence-corrected chi connectivity index (χ3v) is 5.35. The number of hydrogen-bond donors (Lipinski definition) is 1. The molecule has 3 amide bonds. The van der Waals surface area contributed by atoms with Crippen molar-refractivity contribution in [2.45, 2.75) is 24.4 Å². The molecule has 30 heavy (non-hydrogen) atoms. The second-order valence-corrected chi connectivity index (χ2v) is 7.61. The second kappa shape index (κ2) is 8.78. The zero-order valence-electron chi connectivity index (χ0n) is 15.7. The molecule has 1 atom stereocenters. The van der Waals surface area contributed by atoms with Crippen LogP contribution in [0.25, 0.3) is 0 Å². The van der Waals surface area contributed by atoms with Crippen LogP contribution in [0.5, 0.6) is 5.75 Å². The lowest BCUT2D eigenvalue weighted by molar-refractivity contribution is -0.137. The first-order valence-electron chi connectivity index (χ1n) is 8.73. The number of ether oxygens (including phenoxy) is 1. The minimum absolute atomic E-state index is 0.0975. The van der Waals surface area contributed by atoms with Gasteiger partial charge in [-0.05, 0) is 41.8 Å². The van der Waals surface area contributed by atoms with E-state index >= 15 is 0 Å². The molecule has 0 aromatic heterocycles. The number of carbonyl (C=O) groups is 3. The van der Waals surface area contributed by atoms with Crippen LogP contribution in [0.4, 0.5) is 18.0 Å². The Hall–Kier alpha value is -3.01. The number of imide groups is 1. The maximum atomic E-state index is 12.6. The fourth-order valence-electron chi connectivity index (χ4n) is 2.84. The molecule has 0 saturated carbocycles. The van der Waals surface area contributed by atoms with Crippen LogP contribution in [0.2, 0.25) is 0 Å². The number of benzene rings is 2. The molecular weight excluding hydrogens is 421 g/mol. The fourth-order valence-corrected chi connectivity index (χ4v) is 3.70. The molecule has 10 heteroatoms. The van der Waals surface area contributed by atoms with Crippen molar-refractivity contribution < 1.29 is 32.3 Å². The van der Waals surface area contributed by atoms with E-state index in [4.69, 9.17) is 4.74 Å². The minimum atomic E-state index is -4.43. The summed E-state index contributed by atoms with van der Waals surface area (Å²) in [6, 6.07) is 9.18. The first kappa shape index (κ1) is 21.7. The van der Waals surface area contributed by atoms with Crippen LogP contribution < -0.4 is 15.4 Å². The predicted molar refractivity (Wildman–Crippen MR) is 103 cm³/mol. The SMILES string of the molecule is COc1ccc(CC2SC(=O)NC2=O)cc1C(=O)[N]Cc1ccc(C(F)(F)F)cc1. The molecule has 2 aromatic rings. The van der Waals surface area contributed by atoms with E-state index in [2.05, 4.69) is 10.6 Å². The number of hydrogen-bond acceptors (Lipinski definition) is 5. The molecule has 1 aliphatic heterocycles. The molecule has 1 heterocycles. The van der Waals surface area contributed by atoms with Gasteiger partial charge in [-0.3, -0.25) is 19.7 Å². The van der Waals surface area contributed by atoms with E-state index in [0.29, 0.717) is 11.1 Å². The molecule has 6 nitrogen and oxygen atoms in total. The molecule has 2 aromatic carbocycles. The zero-order valence-corrected chi connectivity index (χ0v) is 16.5. The van der Waals surface area contributed by atoms with Gasteiger partial charge in [0.1, 0.15) is 5.75 Å². The molecule has 1 aliphatic rings. The van der Waals surface area contributed by atoms with E-state index in [-0.39, 0.29) is 30.2 Å². The van der Waals surface area contributed by atoms with Crippen LogP contribution in [0, 0.1) is 0 Å².